The molecule has 40 heavy (non-hydrogen) atoms. The highest BCUT2D eigenvalue weighted by Crippen LogP contribution is 2.38. The average molecular weight is 585 g/mol. The van der Waals surface area contributed by atoms with E-state index in [1.165, 1.54) is 17.8 Å². The van der Waals surface area contributed by atoms with E-state index < -0.39 is 26.9 Å². The molecule has 4 rings (SSSR count). The van der Waals surface area contributed by atoms with E-state index in [-0.39, 0.29) is 29.7 Å². The van der Waals surface area contributed by atoms with Crippen molar-refractivity contribution in [3.05, 3.63) is 58.4 Å². The van der Waals surface area contributed by atoms with E-state index in [0.29, 0.717) is 29.7 Å². The summed E-state index contributed by atoms with van der Waals surface area (Å²) in [6.45, 7) is 1.33. The third-order valence-electron chi connectivity index (χ3n) is 6.51. The van der Waals surface area contributed by atoms with E-state index in [0.717, 1.165) is 41.9 Å². The van der Waals surface area contributed by atoms with Gasteiger partial charge in [-0.1, -0.05) is 15.3 Å². The standard InChI is InChI=1S/C26H30BFN5O5PS/c1-26(28,39)14-38-22-8-17-5-4-16(18(17)9-20(22)27)7-21-19(12-34)25(31-24(35)13-40(2,36)37)33(32-21)23-6-3-15(10-29)11-30-23/h3,6,8-12,16,29H,4-5,7,13-14,27,39H2,1-2H3,(H,31,35). The van der Waals surface area contributed by atoms with Crippen LogP contribution in [0.4, 0.5) is 10.2 Å². The number of nitrogens with one attached hydrogen (secondary N) is 2. The van der Waals surface area contributed by atoms with E-state index in [9.17, 15) is 22.4 Å². The highest BCUT2D eigenvalue weighted by molar-refractivity contribution is 7.91. The number of aryl methyl sites for hydroxylation is 1. The number of hydrogen-bond donors (Lipinski definition) is 2. The molecule has 1 aliphatic rings. The molecule has 0 fully saturated rings. The van der Waals surface area contributed by atoms with Crippen LogP contribution >= 0.6 is 9.24 Å². The minimum Gasteiger partial charge on any atom is -0.490 e. The van der Waals surface area contributed by atoms with Crippen LogP contribution in [0.15, 0.2) is 30.5 Å². The Morgan fingerprint density at radius 2 is 2.15 bits per heavy atom. The number of ether oxygens (including phenoxy) is 1. The predicted molar refractivity (Wildman–Crippen MR) is 157 cm³/mol. The molecule has 210 valence electrons. The van der Waals surface area contributed by atoms with Crippen molar-refractivity contribution >= 4 is 56.6 Å². The molecule has 3 unspecified atom stereocenters. The van der Waals surface area contributed by atoms with Gasteiger partial charge in [0, 0.05) is 24.2 Å². The lowest BCUT2D eigenvalue weighted by atomic mass is 9.87. The maximum absolute atomic E-state index is 13.9. The van der Waals surface area contributed by atoms with Gasteiger partial charge < -0.3 is 15.5 Å². The van der Waals surface area contributed by atoms with Crippen molar-refractivity contribution < 1.29 is 27.1 Å². The lowest BCUT2D eigenvalue weighted by molar-refractivity contribution is -0.113. The SMILES string of the molecule is Bc1cc2c(cc1OCC(C)(F)P)CCC2Cc1nn(-c2ccc(C=N)cn2)c(NC(=O)CS(C)(=O)=O)c1C=O. The van der Waals surface area contributed by atoms with Crippen LogP contribution in [0.1, 0.15) is 52.0 Å². The summed E-state index contributed by atoms with van der Waals surface area (Å²) in [6.07, 6.45) is 6.06. The quantitative estimate of drug-likeness (QED) is 0.150. The van der Waals surface area contributed by atoms with Crippen LogP contribution in [0, 0.1) is 5.41 Å². The summed E-state index contributed by atoms with van der Waals surface area (Å²) in [7, 11) is 0.401. The van der Waals surface area contributed by atoms with Crippen LogP contribution in [0.5, 0.6) is 5.75 Å². The molecule has 0 radical (unpaired) electrons. The summed E-state index contributed by atoms with van der Waals surface area (Å²) in [5, 5.41) is 13.0. The minimum atomic E-state index is -3.62. The van der Waals surface area contributed by atoms with Gasteiger partial charge >= 0.3 is 0 Å². The van der Waals surface area contributed by atoms with E-state index in [1.807, 2.05) is 20.0 Å². The van der Waals surface area contributed by atoms with Crippen LogP contribution in [0.25, 0.3) is 5.82 Å². The number of anilines is 1. The number of rotatable bonds is 11. The molecule has 0 aliphatic heterocycles. The fraction of sp³-hybridized carbons (Fsp3) is 0.346. The minimum absolute atomic E-state index is 0.0193. The van der Waals surface area contributed by atoms with Crippen LogP contribution in [0.3, 0.4) is 0 Å². The summed E-state index contributed by atoms with van der Waals surface area (Å²) in [6, 6.07) is 7.18. The average Bonchev–Trinajstić information content (AvgIpc) is 3.41. The van der Waals surface area contributed by atoms with Gasteiger partial charge in [-0.2, -0.15) is 9.78 Å². The number of benzene rings is 1. The number of aldehydes is 1. The molecule has 0 saturated heterocycles. The van der Waals surface area contributed by atoms with Gasteiger partial charge in [-0.05, 0) is 66.9 Å². The first kappa shape index (κ1) is 29.5. The maximum Gasteiger partial charge on any atom is 0.240 e. The van der Waals surface area contributed by atoms with Gasteiger partial charge in [0.05, 0.1) is 11.3 Å². The van der Waals surface area contributed by atoms with Crippen molar-refractivity contribution in [1.29, 1.82) is 5.41 Å². The number of hydrogen-bond acceptors (Lipinski definition) is 8. The molecule has 0 bridgehead atoms. The van der Waals surface area contributed by atoms with Gasteiger partial charge in [-0.25, -0.2) is 17.8 Å². The fourth-order valence-electron chi connectivity index (χ4n) is 4.70. The molecule has 0 saturated carbocycles. The first-order chi connectivity index (χ1) is 18.8. The normalized spacial score (nSPS) is 16.1. The molecule has 10 nitrogen and oxygen atoms in total. The number of halogens is 1. The largest absolute Gasteiger partial charge is 0.490 e. The number of amides is 1. The second-order valence-electron chi connectivity index (χ2n) is 10.3. The number of sulfone groups is 1. The molecule has 14 heteroatoms. The Labute approximate surface area is 235 Å². The van der Waals surface area contributed by atoms with Crippen molar-refractivity contribution in [1.82, 2.24) is 14.8 Å². The zero-order chi connectivity index (χ0) is 29.2. The number of carbonyl (C=O) groups is 2. The molecule has 2 N–H and O–H groups in total. The summed E-state index contributed by atoms with van der Waals surface area (Å²) < 4.78 is 44.3. The first-order valence-electron chi connectivity index (χ1n) is 12.5. The van der Waals surface area contributed by atoms with E-state index in [4.69, 9.17) is 10.1 Å². The Balaban J connectivity index is 1.69. The third kappa shape index (κ3) is 7.00. The van der Waals surface area contributed by atoms with Crippen LogP contribution in [-0.4, -0.2) is 73.5 Å². The van der Waals surface area contributed by atoms with Gasteiger partial charge in [0.25, 0.3) is 0 Å². The molecule has 0 spiro atoms. The molecule has 3 aromatic rings. The topological polar surface area (TPSA) is 144 Å². The van der Waals surface area contributed by atoms with Crippen molar-refractivity contribution in [2.24, 2.45) is 0 Å². The van der Waals surface area contributed by atoms with E-state index >= 15 is 0 Å². The predicted octanol–water partition coefficient (Wildman–Crippen LogP) is 1.53. The van der Waals surface area contributed by atoms with Gasteiger partial charge in [-0.3, -0.25) is 9.59 Å². The van der Waals surface area contributed by atoms with Crippen LogP contribution in [0.2, 0.25) is 0 Å². The lowest BCUT2D eigenvalue weighted by Gasteiger charge is -2.18. The van der Waals surface area contributed by atoms with Crippen LogP contribution in [-0.2, 0) is 27.5 Å². The van der Waals surface area contributed by atoms with E-state index in [1.54, 1.807) is 12.1 Å². The molecule has 3 atom stereocenters. The second kappa shape index (κ2) is 11.6. The number of aromatic nitrogens is 3. The van der Waals surface area contributed by atoms with Crippen molar-refractivity contribution in [2.45, 2.75) is 37.5 Å². The zero-order valence-corrected chi connectivity index (χ0v) is 24.4. The number of fused-ring (bicyclic) bond motifs is 1. The molecule has 2 heterocycles. The maximum atomic E-state index is 13.9. The molecule has 1 aromatic carbocycles. The molecular formula is C26H30BFN5O5PS. The van der Waals surface area contributed by atoms with Gasteiger partial charge in [0.2, 0.25) is 5.91 Å². The number of pyridine rings is 1. The Hall–Kier alpha value is -3.44. The van der Waals surface area contributed by atoms with Gasteiger partial charge in [0.1, 0.15) is 31.8 Å². The number of alkyl halides is 1. The van der Waals surface area contributed by atoms with Crippen molar-refractivity contribution in [3.63, 3.8) is 0 Å². The van der Waals surface area contributed by atoms with Crippen molar-refractivity contribution in [2.75, 3.05) is 23.9 Å². The fourth-order valence-corrected chi connectivity index (χ4v) is 5.34. The summed E-state index contributed by atoms with van der Waals surface area (Å²) in [4.78, 5) is 29.2. The van der Waals surface area contributed by atoms with Crippen LogP contribution < -0.4 is 15.5 Å². The van der Waals surface area contributed by atoms with E-state index in [2.05, 4.69) is 24.6 Å². The van der Waals surface area contributed by atoms with Gasteiger partial charge in [0.15, 0.2) is 27.4 Å². The highest BCUT2D eigenvalue weighted by Gasteiger charge is 2.29. The number of nitrogens with zero attached hydrogens (tertiary/aromatic N) is 3. The zero-order valence-electron chi connectivity index (χ0n) is 22.4. The lowest BCUT2D eigenvalue weighted by Crippen LogP contribution is -2.24. The monoisotopic (exact) mass is 585 g/mol. The Kier molecular flexibility index (Phi) is 8.56. The summed E-state index contributed by atoms with van der Waals surface area (Å²) in [5.41, 5.74) is 4.13. The Morgan fingerprint density at radius 3 is 2.75 bits per heavy atom. The number of carbonyl (C=O) groups excluding carboxylic acids is 2. The Morgan fingerprint density at radius 1 is 1.40 bits per heavy atom. The molecule has 1 amide bonds. The summed E-state index contributed by atoms with van der Waals surface area (Å²) >= 11 is 0. The highest BCUT2D eigenvalue weighted by atomic mass is 32.2. The summed E-state index contributed by atoms with van der Waals surface area (Å²) in [5.74, 6) is -0.612. The third-order valence-corrected chi connectivity index (χ3v) is 7.46. The first-order valence-corrected chi connectivity index (χ1v) is 15.2. The molecule has 1 aliphatic carbocycles. The van der Waals surface area contributed by atoms with Gasteiger partial charge in [-0.15, -0.1) is 0 Å². The molecule has 2 aromatic heterocycles. The molecular weight excluding hydrogens is 555 g/mol. The van der Waals surface area contributed by atoms with Crippen molar-refractivity contribution in [3.8, 4) is 11.6 Å². The second-order valence-corrected chi connectivity index (χ2v) is 13.6. The smallest absolute Gasteiger partial charge is 0.240 e. The Bertz CT molecular complexity index is 1570.